The van der Waals surface area contributed by atoms with E-state index in [9.17, 15) is 4.39 Å². The number of aryl methyl sites for hydroxylation is 1. The van der Waals surface area contributed by atoms with E-state index in [1.54, 1.807) is 13.0 Å². The fourth-order valence-electron chi connectivity index (χ4n) is 1.46. The number of hydrogen-bond acceptors (Lipinski definition) is 2. The molecule has 1 aromatic heterocycles. The summed E-state index contributed by atoms with van der Waals surface area (Å²) in [6, 6.07) is 5.07. The van der Waals surface area contributed by atoms with E-state index < -0.39 is 0 Å². The molecule has 0 saturated carbocycles. The topological polar surface area (TPSA) is 30.7 Å². The molecular formula is C11H11BrFN3. The van der Waals surface area contributed by atoms with E-state index in [0.717, 1.165) is 11.4 Å². The fraction of sp³-hybridized carbons (Fsp3) is 0.273. The molecule has 0 aliphatic carbocycles. The molecule has 3 nitrogen and oxygen atoms in total. The molecule has 0 aliphatic heterocycles. The van der Waals surface area contributed by atoms with Crippen LogP contribution in [0.15, 0.2) is 18.2 Å². The van der Waals surface area contributed by atoms with E-state index in [1.807, 2.05) is 17.7 Å². The molecule has 0 aliphatic rings. The van der Waals surface area contributed by atoms with E-state index in [-0.39, 0.29) is 5.82 Å². The number of nitrogens with zero attached hydrogens (tertiary/aromatic N) is 3. The highest BCUT2D eigenvalue weighted by Gasteiger charge is 2.10. The van der Waals surface area contributed by atoms with Gasteiger partial charge in [0.2, 0.25) is 0 Å². The van der Waals surface area contributed by atoms with E-state index in [0.29, 0.717) is 16.7 Å². The van der Waals surface area contributed by atoms with Gasteiger partial charge in [-0.2, -0.15) is 0 Å². The van der Waals surface area contributed by atoms with Gasteiger partial charge in [-0.15, -0.1) is 10.2 Å². The molecule has 2 rings (SSSR count). The minimum absolute atomic E-state index is 0.221. The summed E-state index contributed by atoms with van der Waals surface area (Å²) >= 11 is 3.32. The summed E-state index contributed by atoms with van der Waals surface area (Å²) in [7, 11) is 1.86. The summed E-state index contributed by atoms with van der Waals surface area (Å²) in [6.45, 7) is 1.74. The Hall–Kier alpha value is -1.23. The molecule has 16 heavy (non-hydrogen) atoms. The standard InChI is InChI=1S/C11H11BrFN3/c1-7-3-4-8(5-9(7)13)11-15-14-10(6-12)16(11)2/h3-5H,6H2,1-2H3. The normalized spacial score (nSPS) is 10.8. The van der Waals surface area contributed by atoms with Crippen molar-refractivity contribution in [2.24, 2.45) is 7.05 Å². The van der Waals surface area contributed by atoms with Gasteiger partial charge < -0.3 is 4.57 Å². The van der Waals surface area contributed by atoms with Crippen molar-refractivity contribution in [1.29, 1.82) is 0 Å². The monoisotopic (exact) mass is 283 g/mol. The third-order valence-corrected chi connectivity index (χ3v) is 3.02. The highest BCUT2D eigenvalue weighted by molar-refractivity contribution is 9.08. The van der Waals surface area contributed by atoms with Crippen molar-refractivity contribution in [3.05, 3.63) is 35.4 Å². The third kappa shape index (κ3) is 1.87. The SMILES string of the molecule is Cc1ccc(-c2nnc(CBr)n2C)cc1F. The molecule has 0 fully saturated rings. The lowest BCUT2D eigenvalue weighted by atomic mass is 10.1. The lowest BCUT2D eigenvalue weighted by Gasteiger charge is -2.03. The summed E-state index contributed by atoms with van der Waals surface area (Å²) in [6.07, 6.45) is 0. The van der Waals surface area contributed by atoms with Gasteiger partial charge in [-0.1, -0.05) is 28.1 Å². The van der Waals surface area contributed by atoms with Gasteiger partial charge in [0.05, 0.1) is 5.33 Å². The molecule has 2 aromatic rings. The van der Waals surface area contributed by atoms with Gasteiger partial charge in [0, 0.05) is 12.6 Å². The van der Waals surface area contributed by atoms with Crippen LogP contribution in [-0.4, -0.2) is 14.8 Å². The molecule has 84 valence electrons. The number of aromatic nitrogens is 3. The van der Waals surface area contributed by atoms with Crippen LogP contribution in [0.4, 0.5) is 4.39 Å². The van der Waals surface area contributed by atoms with Crippen LogP contribution in [-0.2, 0) is 12.4 Å². The predicted octanol–water partition coefficient (Wildman–Crippen LogP) is 2.82. The first-order chi connectivity index (χ1) is 7.63. The van der Waals surface area contributed by atoms with E-state index >= 15 is 0 Å². The number of rotatable bonds is 2. The maximum Gasteiger partial charge on any atom is 0.163 e. The van der Waals surface area contributed by atoms with Crippen LogP contribution in [0.2, 0.25) is 0 Å². The first kappa shape index (κ1) is 11.3. The minimum atomic E-state index is -0.221. The lowest BCUT2D eigenvalue weighted by Crippen LogP contribution is -1.97. The molecule has 1 aromatic carbocycles. The number of halogens is 2. The Balaban J connectivity index is 2.50. The highest BCUT2D eigenvalue weighted by Crippen LogP contribution is 2.20. The highest BCUT2D eigenvalue weighted by atomic mass is 79.9. The number of alkyl halides is 1. The van der Waals surface area contributed by atoms with Crippen molar-refractivity contribution >= 4 is 15.9 Å². The van der Waals surface area contributed by atoms with Gasteiger partial charge in [-0.25, -0.2) is 4.39 Å². The van der Waals surface area contributed by atoms with Gasteiger partial charge >= 0.3 is 0 Å². The Morgan fingerprint density at radius 1 is 1.38 bits per heavy atom. The molecule has 0 bridgehead atoms. The van der Waals surface area contributed by atoms with Gasteiger partial charge in [0.15, 0.2) is 5.82 Å². The predicted molar refractivity (Wildman–Crippen MR) is 63.8 cm³/mol. The van der Waals surface area contributed by atoms with Gasteiger partial charge in [-0.3, -0.25) is 0 Å². The van der Waals surface area contributed by atoms with Crippen LogP contribution >= 0.6 is 15.9 Å². The Bertz CT molecular complexity index is 522. The molecular weight excluding hydrogens is 273 g/mol. The van der Waals surface area contributed by atoms with Gasteiger partial charge in [-0.05, 0) is 18.6 Å². The zero-order chi connectivity index (χ0) is 11.7. The zero-order valence-electron chi connectivity index (χ0n) is 9.04. The Labute approximate surface area is 101 Å². The second-order valence-corrected chi connectivity index (χ2v) is 4.16. The van der Waals surface area contributed by atoms with Crippen molar-refractivity contribution in [2.75, 3.05) is 0 Å². The molecule has 0 N–H and O–H groups in total. The smallest absolute Gasteiger partial charge is 0.163 e. The Kier molecular flexibility index (Phi) is 3.05. The van der Waals surface area contributed by atoms with Crippen molar-refractivity contribution in [1.82, 2.24) is 14.8 Å². The molecule has 0 radical (unpaired) electrons. The van der Waals surface area contributed by atoms with Crippen LogP contribution < -0.4 is 0 Å². The summed E-state index contributed by atoms with van der Waals surface area (Å²) < 4.78 is 15.3. The largest absolute Gasteiger partial charge is 0.313 e. The molecule has 1 heterocycles. The molecule has 0 unspecified atom stereocenters. The number of benzene rings is 1. The van der Waals surface area contributed by atoms with Crippen LogP contribution in [0.5, 0.6) is 0 Å². The summed E-state index contributed by atoms with van der Waals surface area (Å²) in [5, 5.41) is 8.68. The summed E-state index contributed by atoms with van der Waals surface area (Å²) in [5.74, 6) is 1.27. The Morgan fingerprint density at radius 2 is 2.12 bits per heavy atom. The van der Waals surface area contributed by atoms with Gasteiger partial charge in [0.1, 0.15) is 11.6 Å². The molecule has 5 heteroatoms. The first-order valence-electron chi connectivity index (χ1n) is 4.84. The van der Waals surface area contributed by atoms with Crippen molar-refractivity contribution < 1.29 is 4.39 Å². The second kappa shape index (κ2) is 4.33. The maximum atomic E-state index is 13.4. The average Bonchev–Trinajstić information content (AvgIpc) is 2.64. The molecule has 0 atom stereocenters. The summed E-state index contributed by atoms with van der Waals surface area (Å²) in [5.41, 5.74) is 1.37. The van der Waals surface area contributed by atoms with Gasteiger partial charge in [0.25, 0.3) is 0 Å². The van der Waals surface area contributed by atoms with Crippen molar-refractivity contribution in [3.63, 3.8) is 0 Å². The van der Waals surface area contributed by atoms with Crippen LogP contribution in [0.25, 0.3) is 11.4 Å². The zero-order valence-corrected chi connectivity index (χ0v) is 10.6. The maximum absolute atomic E-state index is 13.4. The average molecular weight is 284 g/mol. The Morgan fingerprint density at radius 3 is 2.69 bits per heavy atom. The minimum Gasteiger partial charge on any atom is -0.313 e. The van der Waals surface area contributed by atoms with Crippen LogP contribution in [0.3, 0.4) is 0 Å². The molecule has 0 spiro atoms. The summed E-state index contributed by atoms with van der Waals surface area (Å²) in [4.78, 5) is 0. The van der Waals surface area contributed by atoms with Crippen molar-refractivity contribution in [3.8, 4) is 11.4 Å². The van der Waals surface area contributed by atoms with Crippen molar-refractivity contribution in [2.45, 2.75) is 12.3 Å². The van der Waals surface area contributed by atoms with Crippen LogP contribution in [0.1, 0.15) is 11.4 Å². The van der Waals surface area contributed by atoms with E-state index in [1.165, 1.54) is 6.07 Å². The second-order valence-electron chi connectivity index (χ2n) is 3.60. The molecule has 0 amide bonds. The molecule has 0 saturated heterocycles. The van der Waals surface area contributed by atoms with Crippen LogP contribution in [0, 0.1) is 12.7 Å². The van der Waals surface area contributed by atoms with E-state index in [4.69, 9.17) is 0 Å². The third-order valence-electron chi connectivity index (χ3n) is 2.51. The number of hydrogen-bond donors (Lipinski definition) is 0. The first-order valence-corrected chi connectivity index (χ1v) is 5.96. The fourth-order valence-corrected chi connectivity index (χ4v) is 1.95. The quantitative estimate of drug-likeness (QED) is 0.794. The van der Waals surface area contributed by atoms with E-state index in [2.05, 4.69) is 26.1 Å². The lowest BCUT2D eigenvalue weighted by molar-refractivity contribution is 0.618.